The Labute approximate surface area is 287 Å². The molecule has 11 rings (SSSR count). The third-order valence-electron chi connectivity index (χ3n) is 10.6. The van der Waals surface area contributed by atoms with Crippen LogP contribution in [0.4, 0.5) is 0 Å². The van der Waals surface area contributed by atoms with E-state index in [1.54, 1.807) is 0 Å². The maximum atomic E-state index is 2.46. The minimum Gasteiger partial charge on any atom is -0.135 e. The molecule has 0 aliphatic heterocycles. The van der Waals surface area contributed by atoms with Gasteiger partial charge in [-0.15, -0.1) is 11.3 Å². The van der Waals surface area contributed by atoms with Gasteiger partial charge < -0.3 is 0 Å². The number of thiophene rings is 1. The summed E-state index contributed by atoms with van der Waals surface area (Å²) in [4.78, 5) is 0. The van der Waals surface area contributed by atoms with Crippen molar-refractivity contribution in [3.05, 3.63) is 170 Å². The summed E-state index contributed by atoms with van der Waals surface area (Å²) in [6.45, 7) is 0. The van der Waals surface area contributed by atoms with Crippen LogP contribution in [0.15, 0.2) is 170 Å². The molecule has 1 aromatic heterocycles. The van der Waals surface area contributed by atoms with Gasteiger partial charge in [0.15, 0.2) is 0 Å². The minimum absolute atomic E-state index is 1.24. The van der Waals surface area contributed by atoms with Crippen LogP contribution in [0.2, 0.25) is 0 Å². The van der Waals surface area contributed by atoms with Crippen molar-refractivity contribution >= 4 is 96.1 Å². The Morgan fingerprint density at radius 2 is 0.735 bits per heavy atom. The third-order valence-corrected chi connectivity index (χ3v) is 11.7. The molecule has 0 aliphatic rings. The first-order valence-electron chi connectivity index (χ1n) is 16.9. The molecule has 10 aromatic carbocycles. The summed E-state index contributed by atoms with van der Waals surface area (Å²) >= 11 is 1.91. The van der Waals surface area contributed by atoms with Crippen molar-refractivity contribution in [1.29, 1.82) is 0 Å². The minimum atomic E-state index is 1.24. The van der Waals surface area contributed by atoms with Gasteiger partial charge in [-0.1, -0.05) is 127 Å². The summed E-state index contributed by atoms with van der Waals surface area (Å²) < 4.78 is 2.69. The quantitative estimate of drug-likeness (QED) is 0.166. The Morgan fingerprint density at radius 1 is 0.245 bits per heavy atom. The predicted octanol–water partition coefficient (Wildman–Crippen LogP) is 14.3. The average Bonchev–Trinajstić information content (AvgIpc) is 3.54. The lowest BCUT2D eigenvalue weighted by Crippen LogP contribution is -1.86. The summed E-state index contributed by atoms with van der Waals surface area (Å²) in [6, 6.07) is 63.3. The molecular weight excluding hydrogens is 609 g/mol. The van der Waals surface area contributed by atoms with E-state index in [9.17, 15) is 0 Å². The highest BCUT2D eigenvalue weighted by Crippen LogP contribution is 2.44. The molecule has 0 aliphatic carbocycles. The van der Waals surface area contributed by atoms with E-state index in [-0.39, 0.29) is 0 Å². The Morgan fingerprint density at radius 3 is 1.47 bits per heavy atom. The van der Waals surface area contributed by atoms with Crippen molar-refractivity contribution in [1.82, 2.24) is 0 Å². The molecule has 0 nitrogen and oxygen atoms in total. The molecule has 0 saturated carbocycles. The van der Waals surface area contributed by atoms with Gasteiger partial charge in [-0.2, -0.15) is 0 Å². The van der Waals surface area contributed by atoms with E-state index in [2.05, 4.69) is 170 Å². The lowest BCUT2D eigenvalue weighted by molar-refractivity contribution is 1.66. The first kappa shape index (κ1) is 27.0. The number of fused-ring (bicyclic) bond motifs is 13. The zero-order valence-corrected chi connectivity index (χ0v) is 27.4. The second kappa shape index (κ2) is 10.2. The Kier molecular flexibility index (Phi) is 5.64. The first-order chi connectivity index (χ1) is 24.2. The van der Waals surface area contributed by atoms with Gasteiger partial charge in [-0.05, 0) is 129 Å². The van der Waals surface area contributed by atoms with E-state index < -0.39 is 0 Å². The largest absolute Gasteiger partial charge is 0.135 e. The highest BCUT2D eigenvalue weighted by Gasteiger charge is 2.15. The van der Waals surface area contributed by atoms with Crippen LogP contribution in [0.3, 0.4) is 0 Å². The van der Waals surface area contributed by atoms with Crippen molar-refractivity contribution in [2.75, 3.05) is 0 Å². The average molecular weight is 637 g/mol. The Hall–Kier alpha value is -6.02. The van der Waals surface area contributed by atoms with Gasteiger partial charge in [0.2, 0.25) is 0 Å². The Bertz CT molecular complexity index is 3160. The van der Waals surface area contributed by atoms with Gasteiger partial charge in [0.25, 0.3) is 0 Å². The fourth-order valence-corrected chi connectivity index (χ4v) is 9.29. The molecule has 0 N–H and O–H groups in total. The van der Waals surface area contributed by atoms with Crippen LogP contribution in [-0.2, 0) is 0 Å². The van der Waals surface area contributed by atoms with Gasteiger partial charge >= 0.3 is 0 Å². The van der Waals surface area contributed by atoms with E-state index in [0.29, 0.717) is 0 Å². The summed E-state index contributed by atoms with van der Waals surface area (Å²) in [7, 11) is 0. The van der Waals surface area contributed by atoms with Crippen molar-refractivity contribution in [2.45, 2.75) is 0 Å². The molecular formula is C48H28S. The number of hydrogen-bond donors (Lipinski definition) is 0. The standard InChI is InChI=1S/C48H28S/c1-2-9-32-23-33(16-13-29(32)7-1)34-17-14-30-15-18-35(25-37(30)24-34)36-19-21-41-42(26-36)39-11-5-6-12-40(39)43-27-45-47(28-44(41)43)49-46-22-20-31-8-3-4-10-38(31)48(45)46/h1-28H. The summed E-state index contributed by atoms with van der Waals surface area (Å²) in [5.41, 5.74) is 4.97. The van der Waals surface area contributed by atoms with E-state index in [1.165, 1.54) is 107 Å². The van der Waals surface area contributed by atoms with E-state index >= 15 is 0 Å². The molecule has 226 valence electrons. The van der Waals surface area contributed by atoms with Crippen LogP contribution >= 0.6 is 11.3 Å². The molecule has 0 atom stereocenters. The van der Waals surface area contributed by atoms with Crippen LogP contribution in [0, 0.1) is 0 Å². The van der Waals surface area contributed by atoms with Crippen LogP contribution in [0.5, 0.6) is 0 Å². The van der Waals surface area contributed by atoms with Crippen molar-refractivity contribution in [3.8, 4) is 22.3 Å². The molecule has 49 heavy (non-hydrogen) atoms. The van der Waals surface area contributed by atoms with E-state index in [1.807, 2.05) is 11.3 Å². The van der Waals surface area contributed by atoms with E-state index in [4.69, 9.17) is 0 Å². The van der Waals surface area contributed by atoms with Gasteiger partial charge in [-0.3, -0.25) is 0 Å². The van der Waals surface area contributed by atoms with Gasteiger partial charge in [0, 0.05) is 20.2 Å². The highest BCUT2D eigenvalue weighted by atomic mass is 32.1. The summed E-state index contributed by atoms with van der Waals surface area (Å²) in [5.74, 6) is 0. The molecule has 0 bridgehead atoms. The lowest BCUT2D eigenvalue weighted by Gasteiger charge is -2.13. The second-order valence-electron chi connectivity index (χ2n) is 13.3. The summed E-state index contributed by atoms with van der Waals surface area (Å²) in [5, 5.41) is 18.3. The Balaban J connectivity index is 1.10. The zero-order valence-electron chi connectivity index (χ0n) is 26.6. The molecule has 0 saturated heterocycles. The predicted molar refractivity (Wildman–Crippen MR) is 215 cm³/mol. The normalized spacial score (nSPS) is 12.1. The molecule has 1 heteroatoms. The summed E-state index contributed by atoms with van der Waals surface area (Å²) in [6.07, 6.45) is 0. The van der Waals surface area contributed by atoms with Crippen LogP contribution in [-0.4, -0.2) is 0 Å². The van der Waals surface area contributed by atoms with Gasteiger partial charge in [0.1, 0.15) is 0 Å². The van der Waals surface area contributed by atoms with Gasteiger partial charge in [0.05, 0.1) is 0 Å². The number of benzene rings is 10. The van der Waals surface area contributed by atoms with Crippen molar-refractivity contribution < 1.29 is 0 Å². The fraction of sp³-hybridized carbons (Fsp3) is 0. The monoisotopic (exact) mass is 636 g/mol. The smallest absolute Gasteiger partial charge is 0.0362 e. The molecule has 1 heterocycles. The lowest BCUT2D eigenvalue weighted by atomic mass is 9.90. The van der Waals surface area contributed by atoms with Crippen molar-refractivity contribution in [3.63, 3.8) is 0 Å². The van der Waals surface area contributed by atoms with Crippen LogP contribution in [0.25, 0.3) is 107 Å². The molecule has 0 unspecified atom stereocenters. The number of rotatable bonds is 2. The fourth-order valence-electron chi connectivity index (χ4n) is 8.15. The second-order valence-corrected chi connectivity index (χ2v) is 14.4. The SMILES string of the molecule is c1ccc2cc(-c3ccc4ccc(-c5ccc6c(c5)c5ccccc5c5cc7c(cc65)sc5ccc6ccccc6c57)cc4c3)ccc2c1. The molecule has 0 fully saturated rings. The van der Waals surface area contributed by atoms with Gasteiger partial charge in [-0.25, -0.2) is 0 Å². The zero-order chi connectivity index (χ0) is 32.1. The third kappa shape index (κ3) is 4.10. The van der Waals surface area contributed by atoms with Crippen LogP contribution < -0.4 is 0 Å². The molecule has 11 aromatic rings. The van der Waals surface area contributed by atoms with Crippen LogP contribution in [0.1, 0.15) is 0 Å². The maximum Gasteiger partial charge on any atom is 0.0362 e. The first-order valence-corrected chi connectivity index (χ1v) is 17.7. The van der Waals surface area contributed by atoms with Crippen molar-refractivity contribution in [2.24, 2.45) is 0 Å². The highest BCUT2D eigenvalue weighted by molar-refractivity contribution is 7.26. The maximum absolute atomic E-state index is 2.46. The molecule has 0 spiro atoms. The number of hydrogen-bond acceptors (Lipinski definition) is 1. The topological polar surface area (TPSA) is 0 Å². The molecule has 0 amide bonds. The van der Waals surface area contributed by atoms with E-state index in [0.717, 1.165) is 0 Å². The molecule has 0 radical (unpaired) electrons.